The van der Waals surface area contributed by atoms with Gasteiger partial charge in [0.05, 0.1) is 18.0 Å². The van der Waals surface area contributed by atoms with Gasteiger partial charge in [0.2, 0.25) is 5.91 Å². The molecule has 0 bridgehead atoms. The van der Waals surface area contributed by atoms with Crippen LogP contribution in [0.1, 0.15) is 37.2 Å². The Hall–Kier alpha value is -2.07. The van der Waals surface area contributed by atoms with Crippen molar-refractivity contribution in [3.05, 3.63) is 44.9 Å². The highest BCUT2D eigenvalue weighted by Gasteiger charge is 2.20. The maximum Gasteiger partial charge on any atom is 0.282 e. The average Bonchev–Trinajstić information content (AvgIpc) is 2.96. The van der Waals surface area contributed by atoms with Crippen LogP contribution in [0.3, 0.4) is 0 Å². The number of pyridine rings is 1. The molecule has 0 radical (unpaired) electrons. The SMILES string of the molecule is CC(C)O/N=C(/CNC(=O)Cc1cn(C)nc1C(F)F)c1ncc(Br)cc1Cl. The van der Waals surface area contributed by atoms with Crippen LogP contribution in [-0.4, -0.2) is 39.0 Å². The van der Waals surface area contributed by atoms with Crippen LogP contribution in [-0.2, 0) is 23.1 Å². The maximum atomic E-state index is 13.0. The monoisotopic (exact) mass is 477 g/mol. The van der Waals surface area contributed by atoms with E-state index in [2.05, 4.69) is 36.5 Å². The summed E-state index contributed by atoms with van der Waals surface area (Å²) in [4.78, 5) is 21.7. The maximum absolute atomic E-state index is 13.0. The molecule has 1 amide bonds. The molecule has 0 aliphatic carbocycles. The van der Waals surface area contributed by atoms with Crippen LogP contribution < -0.4 is 5.32 Å². The Morgan fingerprint density at radius 2 is 2.18 bits per heavy atom. The van der Waals surface area contributed by atoms with Gasteiger partial charge in [-0.1, -0.05) is 16.8 Å². The zero-order chi connectivity index (χ0) is 20.8. The number of hydrogen-bond acceptors (Lipinski definition) is 5. The Morgan fingerprint density at radius 3 is 2.79 bits per heavy atom. The van der Waals surface area contributed by atoms with Crippen molar-refractivity contribution < 1.29 is 18.4 Å². The first-order chi connectivity index (χ1) is 13.2. The van der Waals surface area contributed by atoms with E-state index in [4.69, 9.17) is 16.4 Å². The minimum atomic E-state index is -2.76. The zero-order valence-electron chi connectivity index (χ0n) is 15.4. The fourth-order valence-electron chi connectivity index (χ4n) is 2.25. The molecule has 0 aromatic carbocycles. The summed E-state index contributed by atoms with van der Waals surface area (Å²) < 4.78 is 28.0. The lowest BCUT2D eigenvalue weighted by Gasteiger charge is -2.11. The van der Waals surface area contributed by atoms with Crippen LogP contribution >= 0.6 is 27.5 Å². The Morgan fingerprint density at radius 1 is 1.46 bits per heavy atom. The van der Waals surface area contributed by atoms with E-state index in [0.717, 1.165) is 0 Å². The Bertz CT molecular complexity index is 873. The van der Waals surface area contributed by atoms with E-state index in [-0.39, 0.29) is 24.6 Å². The minimum absolute atomic E-state index is 0.0375. The van der Waals surface area contributed by atoms with E-state index >= 15 is 0 Å². The topological polar surface area (TPSA) is 81.4 Å². The quantitative estimate of drug-likeness (QED) is 0.464. The van der Waals surface area contributed by atoms with Crippen LogP contribution in [0.4, 0.5) is 8.78 Å². The van der Waals surface area contributed by atoms with Crippen molar-refractivity contribution in [1.29, 1.82) is 0 Å². The molecule has 0 fully saturated rings. The van der Waals surface area contributed by atoms with Gasteiger partial charge in [-0.05, 0) is 35.8 Å². The van der Waals surface area contributed by atoms with Crippen molar-refractivity contribution in [3.8, 4) is 0 Å². The van der Waals surface area contributed by atoms with Crippen LogP contribution in [0.25, 0.3) is 0 Å². The first kappa shape index (κ1) is 22.2. The van der Waals surface area contributed by atoms with Gasteiger partial charge in [0.15, 0.2) is 0 Å². The lowest BCUT2D eigenvalue weighted by molar-refractivity contribution is -0.120. The number of hydrogen-bond donors (Lipinski definition) is 1. The molecule has 0 unspecified atom stereocenters. The summed E-state index contributed by atoms with van der Waals surface area (Å²) >= 11 is 9.48. The fourth-order valence-corrected chi connectivity index (χ4v) is 2.99. The van der Waals surface area contributed by atoms with Crippen LogP contribution in [0.2, 0.25) is 5.02 Å². The van der Waals surface area contributed by atoms with Gasteiger partial charge >= 0.3 is 0 Å². The van der Waals surface area contributed by atoms with Crippen LogP contribution in [0, 0.1) is 0 Å². The highest BCUT2D eigenvalue weighted by Crippen LogP contribution is 2.22. The van der Waals surface area contributed by atoms with Crippen molar-refractivity contribution in [3.63, 3.8) is 0 Å². The van der Waals surface area contributed by atoms with Gasteiger partial charge < -0.3 is 10.2 Å². The second kappa shape index (κ2) is 9.92. The molecule has 0 aliphatic heterocycles. The Kier molecular flexibility index (Phi) is 7.88. The summed E-state index contributed by atoms with van der Waals surface area (Å²) in [5.41, 5.74) is 0.402. The second-order valence-electron chi connectivity index (χ2n) is 6.14. The fraction of sp³-hybridized carbons (Fsp3) is 0.412. The third-order valence-electron chi connectivity index (χ3n) is 3.40. The van der Waals surface area contributed by atoms with Crippen molar-refractivity contribution >= 4 is 39.1 Å². The number of amides is 1. The molecule has 2 aromatic heterocycles. The van der Waals surface area contributed by atoms with E-state index in [9.17, 15) is 13.6 Å². The summed E-state index contributed by atoms with van der Waals surface area (Å²) in [6.45, 7) is 3.55. The van der Waals surface area contributed by atoms with E-state index in [1.807, 2.05) is 0 Å². The molecule has 7 nitrogen and oxygen atoms in total. The van der Waals surface area contributed by atoms with Crippen LogP contribution in [0.15, 0.2) is 28.1 Å². The first-order valence-corrected chi connectivity index (χ1v) is 9.45. The highest BCUT2D eigenvalue weighted by molar-refractivity contribution is 9.10. The summed E-state index contributed by atoms with van der Waals surface area (Å²) in [5.74, 6) is -0.472. The van der Waals surface area contributed by atoms with Gasteiger partial charge in [-0.3, -0.25) is 14.5 Å². The second-order valence-corrected chi connectivity index (χ2v) is 7.47. The molecular formula is C17H19BrClF2N5O2. The van der Waals surface area contributed by atoms with E-state index in [1.54, 1.807) is 26.1 Å². The number of carbonyl (C=O) groups is 1. The summed E-state index contributed by atoms with van der Waals surface area (Å²) in [7, 11) is 1.52. The van der Waals surface area contributed by atoms with E-state index < -0.39 is 18.0 Å². The first-order valence-electron chi connectivity index (χ1n) is 8.28. The molecule has 0 spiro atoms. The van der Waals surface area contributed by atoms with Gasteiger partial charge in [-0.15, -0.1) is 0 Å². The lowest BCUT2D eigenvalue weighted by Crippen LogP contribution is -2.32. The van der Waals surface area contributed by atoms with Crippen LogP contribution in [0.5, 0.6) is 0 Å². The summed E-state index contributed by atoms with van der Waals surface area (Å²) in [5, 5.41) is 10.7. The number of aromatic nitrogens is 3. The van der Waals surface area contributed by atoms with Gasteiger partial charge in [-0.25, -0.2) is 8.78 Å². The van der Waals surface area contributed by atoms with Gasteiger partial charge in [0.1, 0.15) is 23.2 Å². The van der Waals surface area contributed by atoms with Crippen molar-refractivity contribution in [2.75, 3.05) is 6.54 Å². The molecule has 0 saturated heterocycles. The highest BCUT2D eigenvalue weighted by atomic mass is 79.9. The van der Waals surface area contributed by atoms with Crippen molar-refractivity contribution in [2.24, 2.45) is 12.2 Å². The molecule has 0 aliphatic rings. The molecule has 2 rings (SSSR count). The molecule has 152 valence electrons. The smallest absolute Gasteiger partial charge is 0.282 e. The number of halogens is 4. The molecule has 1 N–H and O–H groups in total. The predicted octanol–water partition coefficient (Wildman–Crippen LogP) is 3.66. The Labute approximate surface area is 174 Å². The third-order valence-corrected chi connectivity index (χ3v) is 4.12. The number of oxime groups is 1. The van der Waals surface area contributed by atoms with E-state index in [1.165, 1.54) is 17.9 Å². The predicted molar refractivity (Wildman–Crippen MR) is 105 cm³/mol. The standard InChI is InChI=1S/C17H19BrClF2N5O2/c1-9(2)28-25-13(16-12(19)5-11(18)6-23-16)7-22-14(27)4-10-8-26(3)24-15(10)17(20)21/h5-6,8-9,17H,4,7H2,1-3H3,(H,22,27)/b25-13-. The molecule has 2 heterocycles. The van der Waals surface area contributed by atoms with Gasteiger partial charge in [0, 0.05) is 29.5 Å². The lowest BCUT2D eigenvalue weighted by atomic mass is 10.1. The van der Waals surface area contributed by atoms with Crippen molar-refractivity contribution in [2.45, 2.75) is 32.8 Å². The molecule has 0 saturated carbocycles. The van der Waals surface area contributed by atoms with Crippen molar-refractivity contribution in [1.82, 2.24) is 20.1 Å². The number of nitrogens with one attached hydrogen (secondary N) is 1. The number of nitrogens with zero attached hydrogens (tertiary/aromatic N) is 4. The van der Waals surface area contributed by atoms with Gasteiger partial charge in [-0.2, -0.15) is 5.10 Å². The number of aryl methyl sites for hydroxylation is 1. The number of alkyl halides is 2. The third kappa shape index (κ3) is 6.23. The average molecular weight is 479 g/mol. The minimum Gasteiger partial charge on any atom is -0.393 e. The molecular weight excluding hydrogens is 460 g/mol. The summed E-state index contributed by atoms with van der Waals surface area (Å²) in [6.07, 6.45) is -0.257. The van der Waals surface area contributed by atoms with E-state index in [0.29, 0.717) is 20.9 Å². The zero-order valence-corrected chi connectivity index (χ0v) is 17.8. The largest absolute Gasteiger partial charge is 0.393 e. The molecule has 11 heteroatoms. The molecule has 2 aromatic rings. The Balaban J connectivity index is 2.12. The summed E-state index contributed by atoms with van der Waals surface area (Å²) in [6, 6.07) is 1.64. The number of rotatable bonds is 8. The normalized spacial score (nSPS) is 12.0. The van der Waals surface area contributed by atoms with Gasteiger partial charge in [0.25, 0.3) is 6.43 Å². The molecule has 0 atom stereocenters. The number of carbonyl (C=O) groups excluding carboxylic acids is 1. The molecule has 28 heavy (non-hydrogen) atoms.